The van der Waals surface area contributed by atoms with Crippen LogP contribution in [0.5, 0.6) is 5.75 Å². The van der Waals surface area contributed by atoms with Crippen molar-refractivity contribution in [2.75, 3.05) is 14.1 Å². The summed E-state index contributed by atoms with van der Waals surface area (Å²) in [6.07, 6.45) is 1.53. The number of rotatable bonds is 5. The summed E-state index contributed by atoms with van der Waals surface area (Å²) < 4.78 is 7.87. The van der Waals surface area contributed by atoms with E-state index in [9.17, 15) is 19.6 Å². The number of ether oxygens (including phenoxy) is 1. The van der Waals surface area contributed by atoms with Crippen LogP contribution in [0.25, 0.3) is 11.8 Å². The summed E-state index contributed by atoms with van der Waals surface area (Å²) in [5.74, 6) is -0.579. The predicted octanol–water partition coefficient (Wildman–Crippen LogP) is 3.98. The molecule has 0 aliphatic carbocycles. The van der Waals surface area contributed by atoms with Crippen LogP contribution < -0.4 is 4.74 Å². The predicted molar refractivity (Wildman–Crippen MR) is 130 cm³/mol. The van der Waals surface area contributed by atoms with Gasteiger partial charge in [0, 0.05) is 36.7 Å². The van der Waals surface area contributed by atoms with E-state index in [1.807, 2.05) is 66.9 Å². The van der Waals surface area contributed by atoms with Gasteiger partial charge in [0.1, 0.15) is 17.9 Å². The van der Waals surface area contributed by atoms with Gasteiger partial charge in [0.25, 0.3) is 11.8 Å². The lowest BCUT2D eigenvalue weighted by Crippen LogP contribution is -2.52. The molecule has 1 aliphatic heterocycles. The van der Waals surface area contributed by atoms with E-state index in [0.717, 1.165) is 32.4 Å². The number of aryl methyl sites for hydroxylation is 1. The zero-order chi connectivity index (χ0) is 25.3. The Balaban J connectivity index is 1.58. The first-order valence-electron chi connectivity index (χ1n) is 10.9. The van der Waals surface area contributed by atoms with Crippen molar-refractivity contribution in [2.24, 2.45) is 0 Å². The number of barbiturate groups is 1. The number of urea groups is 1. The molecule has 2 heterocycles. The fourth-order valence-electron chi connectivity index (χ4n) is 4.07. The van der Waals surface area contributed by atoms with E-state index in [2.05, 4.69) is 6.07 Å². The maximum absolute atomic E-state index is 12.6. The minimum absolute atomic E-state index is 0.0590. The number of carbonyl (C=O) groups excluding carboxylic acids is 3. The molecular formula is C27H24N4O4. The Bertz CT molecular complexity index is 1380. The van der Waals surface area contributed by atoms with Gasteiger partial charge in [0.05, 0.1) is 11.6 Å². The lowest BCUT2D eigenvalue weighted by atomic mass is 10.1. The molecule has 1 saturated heterocycles. The molecule has 176 valence electrons. The van der Waals surface area contributed by atoms with Crippen molar-refractivity contribution < 1.29 is 19.1 Å². The van der Waals surface area contributed by atoms with Crippen LogP contribution in [0.15, 0.2) is 60.2 Å². The topological polar surface area (TPSA) is 95.6 Å². The molecular weight excluding hydrogens is 444 g/mol. The van der Waals surface area contributed by atoms with E-state index in [1.54, 1.807) is 6.07 Å². The molecule has 3 aromatic rings. The highest BCUT2D eigenvalue weighted by Gasteiger charge is 2.38. The number of aromatic nitrogens is 1. The first-order valence-corrected chi connectivity index (χ1v) is 10.9. The number of imide groups is 2. The minimum Gasteiger partial charge on any atom is -0.489 e. The molecule has 35 heavy (non-hydrogen) atoms. The molecule has 4 amide bonds. The summed E-state index contributed by atoms with van der Waals surface area (Å²) >= 11 is 0. The van der Waals surface area contributed by atoms with Crippen LogP contribution in [-0.2, 0) is 16.2 Å². The number of benzene rings is 2. The van der Waals surface area contributed by atoms with Crippen molar-refractivity contribution in [3.8, 4) is 17.5 Å². The number of carbonyl (C=O) groups is 3. The standard InChI is InChI=1S/C27H24N4O4/c1-17-13-21(14-24-25(32)29(3)27(34)30(4)26(24)33)18(2)31(17)22-9-11-23(12-10-22)35-16-20-8-6-5-7-19(20)15-28/h5-14H,16H2,1-4H3. The van der Waals surface area contributed by atoms with Crippen molar-refractivity contribution in [3.05, 3.63) is 88.2 Å². The molecule has 0 unspecified atom stereocenters. The normalized spacial score (nSPS) is 13.8. The van der Waals surface area contributed by atoms with Crippen LogP contribution in [0.3, 0.4) is 0 Å². The van der Waals surface area contributed by atoms with Gasteiger partial charge < -0.3 is 9.30 Å². The van der Waals surface area contributed by atoms with Gasteiger partial charge in [0.2, 0.25) is 0 Å². The Hall–Kier alpha value is -4.64. The molecule has 0 radical (unpaired) electrons. The number of hydrogen-bond acceptors (Lipinski definition) is 5. The monoisotopic (exact) mass is 468 g/mol. The fraction of sp³-hybridized carbons (Fsp3) is 0.185. The van der Waals surface area contributed by atoms with Crippen LogP contribution in [0.4, 0.5) is 4.79 Å². The van der Waals surface area contributed by atoms with Crippen molar-refractivity contribution in [1.29, 1.82) is 5.26 Å². The van der Waals surface area contributed by atoms with Gasteiger partial charge in [-0.25, -0.2) is 4.79 Å². The largest absolute Gasteiger partial charge is 0.489 e. The summed E-state index contributed by atoms with van der Waals surface area (Å²) in [7, 11) is 2.71. The molecule has 0 atom stereocenters. The Kier molecular flexibility index (Phi) is 6.26. The molecule has 2 aromatic carbocycles. The summed E-state index contributed by atoms with van der Waals surface area (Å²) in [6.45, 7) is 4.12. The molecule has 0 spiro atoms. The van der Waals surface area contributed by atoms with Crippen LogP contribution >= 0.6 is 0 Å². The zero-order valence-electron chi connectivity index (χ0n) is 19.9. The zero-order valence-corrected chi connectivity index (χ0v) is 19.9. The SMILES string of the molecule is Cc1cc(C=C2C(=O)N(C)C(=O)N(C)C2=O)c(C)n1-c1ccc(OCc2ccccc2C#N)cc1. The summed E-state index contributed by atoms with van der Waals surface area (Å²) in [5, 5.41) is 9.23. The van der Waals surface area contributed by atoms with Gasteiger partial charge in [-0.1, -0.05) is 18.2 Å². The van der Waals surface area contributed by atoms with E-state index >= 15 is 0 Å². The third-order valence-corrected chi connectivity index (χ3v) is 6.04. The Morgan fingerprint density at radius 2 is 1.57 bits per heavy atom. The number of amides is 4. The molecule has 1 fully saturated rings. The Morgan fingerprint density at radius 3 is 2.20 bits per heavy atom. The van der Waals surface area contributed by atoms with Gasteiger partial charge in [0.15, 0.2) is 0 Å². The molecule has 1 aromatic heterocycles. The number of nitrogens with zero attached hydrogens (tertiary/aromatic N) is 4. The van der Waals surface area contributed by atoms with Crippen molar-refractivity contribution in [1.82, 2.24) is 14.4 Å². The first kappa shape index (κ1) is 23.5. The maximum atomic E-state index is 12.6. The van der Waals surface area contributed by atoms with Crippen LogP contribution in [-0.4, -0.2) is 46.3 Å². The second kappa shape index (κ2) is 9.31. The highest BCUT2D eigenvalue weighted by Crippen LogP contribution is 2.26. The molecule has 0 bridgehead atoms. The molecule has 0 saturated carbocycles. The van der Waals surface area contributed by atoms with Crippen molar-refractivity contribution in [2.45, 2.75) is 20.5 Å². The van der Waals surface area contributed by atoms with Gasteiger partial charge in [-0.3, -0.25) is 19.4 Å². The fourth-order valence-corrected chi connectivity index (χ4v) is 4.07. The second-order valence-electron chi connectivity index (χ2n) is 8.28. The minimum atomic E-state index is -0.652. The lowest BCUT2D eigenvalue weighted by Gasteiger charge is -2.28. The second-order valence-corrected chi connectivity index (χ2v) is 8.28. The Labute approximate surface area is 203 Å². The highest BCUT2D eigenvalue weighted by molar-refractivity contribution is 6.30. The van der Waals surface area contributed by atoms with Gasteiger partial charge in [-0.2, -0.15) is 5.26 Å². The van der Waals surface area contributed by atoms with Crippen LogP contribution in [0.2, 0.25) is 0 Å². The highest BCUT2D eigenvalue weighted by atomic mass is 16.5. The third kappa shape index (κ3) is 4.32. The van der Waals surface area contributed by atoms with Crippen molar-refractivity contribution in [3.63, 3.8) is 0 Å². The van der Waals surface area contributed by atoms with E-state index < -0.39 is 17.8 Å². The third-order valence-electron chi connectivity index (χ3n) is 6.04. The number of nitriles is 1. The summed E-state index contributed by atoms with van der Waals surface area (Å²) in [5.41, 5.74) is 4.70. The average Bonchev–Trinajstić information content (AvgIpc) is 3.15. The van der Waals surface area contributed by atoms with Gasteiger partial charge >= 0.3 is 6.03 Å². The Morgan fingerprint density at radius 1 is 0.943 bits per heavy atom. The van der Waals surface area contributed by atoms with Crippen LogP contribution in [0.1, 0.15) is 28.1 Å². The maximum Gasteiger partial charge on any atom is 0.333 e. The molecule has 0 N–H and O–H groups in total. The summed E-state index contributed by atoms with van der Waals surface area (Å²) in [6, 6.07) is 18.3. The smallest absolute Gasteiger partial charge is 0.333 e. The van der Waals surface area contributed by atoms with E-state index in [-0.39, 0.29) is 12.2 Å². The number of hydrogen-bond donors (Lipinski definition) is 0. The van der Waals surface area contributed by atoms with E-state index in [4.69, 9.17) is 4.74 Å². The molecule has 8 nitrogen and oxygen atoms in total. The number of likely N-dealkylation sites (N-methyl/N-ethyl adjacent to an activating group) is 2. The van der Waals surface area contributed by atoms with Gasteiger partial charge in [-0.15, -0.1) is 0 Å². The lowest BCUT2D eigenvalue weighted by molar-refractivity contribution is -0.134. The van der Waals surface area contributed by atoms with Crippen LogP contribution in [0, 0.1) is 25.2 Å². The quantitative estimate of drug-likeness (QED) is 0.417. The molecule has 4 rings (SSSR count). The molecule has 1 aliphatic rings. The van der Waals surface area contributed by atoms with Gasteiger partial charge in [-0.05, 0) is 61.9 Å². The molecule has 8 heteroatoms. The van der Waals surface area contributed by atoms with Crippen molar-refractivity contribution >= 4 is 23.9 Å². The van der Waals surface area contributed by atoms with E-state index in [0.29, 0.717) is 16.9 Å². The van der Waals surface area contributed by atoms with E-state index in [1.165, 1.54) is 20.2 Å². The first-order chi connectivity index (χ1) is 16.7. The average molecular weight is 469 g/mol. The summed E-state index contributed by atoms with van der Waals surface area (Å²) in [4.78, 5) is 39.0.